The molecular weight excluding hydrogens is 172 g/mol. The van der Waals surface area contributed by atoms with E-state index in [4.69, 9.17) is 0 Å². The second-order valence-electron chi connectivity index (χ2n) is 3.83. The molecule has 1 fully saturated rings. The summed E-state index contributed by atoms with van der Waals surface area (Å²) in [4.78, 5) is 10.2. The van der Waals surface area contributed by atoms with Gasteiger partial charge in [0, 0.05) is 11.8 Å². The minimum absolute atomic E-state index is 0.254. The van der Waals surface area contributed by atoms with E-state index in [2.05, 4.69) is 30.3 Å². The molecule has 1 nitrogen and oxygen atoms in total. The van der Waals surface area contributed by atoms with Crippen molar-refractivity contribution >= 4 is 6.29 Å². The molecule has 1 aliphatic carbocycles. The molecule has 0 spiro atoms. The van der Waals surface area contributed by atoms with Crippen LogP contribution in [0.3, 0.4) is 0 Å². The Morgan fingerprint density at radius 3 is 2.50 bits per heavy atom. The van der Waals surface area contributed by atoms with Crippen molar-refractivity contribution in [3.8, 4) is 0 Å². The van der Waals surface area contributed by atoms with E-state index < -0.39 is 0 Å². The molecular formula is C13H14O. The predicted octanol–water partition coefficient (Wildman–Crippen LogP) is 2.86. The fourth-order valence-corrected chi connectivity index (χ4v) is 1.81. The van der Waals surface area contributed by atoms with E-state index in [0.29, 0.717) is 6.42 Å². The van der Waals surface area contributed by atoms with Crippen LogP contribution in [0.2, 0.25) is 0 Å². The van der Waals surface area contributed by atoms with Crippen molar-refractivity contribution in [3.05, 3.63) is 48.0 Å². The van der Waals surface area contributed by atoms with Crippen LogP contribution in [0.15, 0.2) is 42.5 Å². The maximum Gasteiger partial charge on any atom is 0.123 e. The average Bonchev–Trinajstić information content (AvgIpc) is 3.01. The topological polar surface area (TPSA) is 17.1 Å². The second kappa shape index (κ2) is 3.79. The van der Waals surface area contributed by atoms with E-state index in [9.17, 15) is 4.79 Å². The summed E-state index contributed by atoms with van der Waals surface area (Å²) in [5.41, 5.74) is 1.63. The molecule has 0 aliphatic heterocycles. The summed E-state index contributed by atoms with van der Waals surface area (Å²) >= 11 is 0. The number of carbonyl (C=O) groups excluding carboxylic acids is 1. The van der Waals surface area contributed by atoms with Crippen molar-refractivity contribution in [2.45, 2.75) is 24.7 Å². The van der Waals surface area contributed by atoms with Gasteiger partial charge in [-0.25, -0.2) is 0 Å². The molecule has 1 aliphatic rings. The van der Waals surface area contributed by atoms with Gasteiger partial charge < -0.3 is 4.79 Å². The molecule has 0 bridgehead atoms. The minimum Gasteiger partial charge on any atom is -0.303 e. The largest absolute Gasteiger partial charge is 0.303 e. The first-order valence-corrected chi connectivity index (χ1v) is 5.04. The third-order valence-electron chi connectivity index (χ3n) is 2.81. The van der Waals surface area contributed by atoms with Crippen molar-refractivity contribution in [2.75, 3.05) is 0 Å². The molecule has 0 saturated heterocycles. The Labute approximate surface area is 84.5 Å². The molecule has 0 amide bonds. The van der Waals surface area contributed by atoms with Crippen LogP contribution in [0.25, 0.3) is 0 Å². The van der Waals surface area contributed by atoms with Crippen LogP contribution in [0, 0.1) is 0 Å². The van der Waals surface area contributed by atoms with Gasteiger partial charge in [-0.2, -0.15) is 0 Å². The van der Waals surface area contributed by atoms with Gasteiger partial charge in [0.15, 0.2) is 0 Å². The molecule has 14 heavy (non-hydrogen) atoms. The highest BCUT2D eigenvalue weighted by atomic mass is 16.1. The number of hydrogen-bond donors (Lipinski definition) is 0. The third-order valence-corrected chi connectivity index (χ3v) is 2.81. The van der Waals surface area contributed by atoms with E-state index in [0.717, 1.165) is 6.29 Å². The van der Waals surface area contributed by atoms with E-state index >= 15 is 0 Å². The highest BCUT2D eigenvalue weighted by Crippen LogP contribution is 2.49. The second-order valence-corrected chi connectivity index (χ2v) is 3.83. The summed E-state index contributed by atoms with van der Waals surface area (Å²) in [6, 6.07) is 10.5. The van der Waals surface area contributed by atoms with Crippen LogP contribution in [0.4, 0.5) is 0 Å². The lowest BCUT2D eigenvalue weighted by Gasteiger charge is -2.09. The Morgan fingerprint density at radius 1 is 1.21 bits per heavy atom. The van der Waals surface area contributed by atoms with Gasteiger partial charge in [-0.05, 0) is 18.4 Å². The Balaban J connectivity index is 2.14. The van der Waals surface area contributed by atoms with E-state index in [-0.39, 0.29) is 5.41 Å². The maximum atomic E-state index is 10.2. The summed E-state index contributed by atoms with van der Waals surface area (Å²) in [7, 11) is 0. The van der Waals surface area contributed by atoms with Gasteiger partial charge in [0.1, 0.15) is 6.29 Å². The molecule has 1 aromatic carbocycles. The summed E-state index contributed by atoms with van der Waals surface area (Å²) < 4.78 is 0. The molecule has 2 rings (SSSR count). The van der Waals surface area contributed by atoms with Gasteiger partial charge in [-0.15, -0.1) is 0 Å². The maximum absolute atomic E-state index is 10.2. The molecule has 0 atom stereocenters. The molecule has 0 unspecified atom stereocenters. The molecule has 0 radical (unpaired) electrons. The molecule has 1 aromatic rings. The van der Waals surface area contributed by atoms with Crippen LogP contribution in [0.5, 0.6) is 0 Å². The summed E-state index contributed by atoms with van der Waals surface area (Å²) in [6.07, 6.45) is 8.08. The summed E-state index contributed by atoms with van der Waals surface area (Å²) in [5, 5.41) is 0. The lowest BCUT2D eigenvalue weighted by molar-refractivity contribution is -0.107. The highest BCUT2D eigenvalue weighted by Gasteiger charge is 2.41. The number of allylic oxidation sites excluding steroid dienone is 2. The highest BCUT2D eigenvalue weighted by molar-refractivity contribution is 5.52. The number of aldehydes is 1. The summed E-state index contributed by atoms with van der Waals surface area (Å²) in [6.45, 7) is 0. The first-order valence-electron chi connectivity index (χ1n) is 5.04. The Hall–Kier alpha value is -1.37. The van der Waals surface area contributed by atoms with E-state index in [1.165, 1.54) is 18.4 Å². The van der Waals surface area contributed by atoms with Gasteiger partial charge in [0.25, 0.3) is 0 Å². The number of carbonyl (C=O) groups is 1. The zero-order chi connectivity index (χ0) is 9.86. The Bertz CT molecular complexity index is 334. The third kappa shape index (κ3) is 1.77. The normalized spacial score (nSPS) is 18.3. The molecule has 1 heteroatoms. The van der Waals surface area contributed by atoms with Crippen molar-refractivity contribution in [1.29, 1.82) is 0 Å². The SMILES string of the molecule is O=CCC=CC1(c2ccccc2)CC1. The van der Waals surface area contributed by atoms with E-state index in [1.807, 2.05) is 12.1 Å². The quantitative estimate of drug-likeness (QED) is 0.522. The monoisotopic (exact) mass is 186 g/mol. The zero-order valence-electron chi connectivity index (χ0n) is 8.15. The first kappa shape index (κ1) is 9.20. The molecule has 1 saturated carbocycles. The smallest absolute Gasteiger partial charge is 0.123 e. The minimum atomic E-state index is 0.254. The molecule has 0 heterocycles. The molecule has 72 valence electrons. The first-order chi connectivity index (χ1) is 6.87. The average molecular weight is 186 g/mol. The number of rotatable bonds is 4. The molecule has 0 N–H and O–H groups in total. The van der Waals surface area contributed by atoms with Gasteiger partial charge in [0.2, 0.25) is 0 Å². The van der Waals surface area contributed by atoms with Crippen LogP contribution < -0.4 is 0 Å². The van der Waals surface area contributed by atoms with Crippen molar-refractivity contribution in [3.63, 3.8) is 0 Å². The Morgan fingerprint density at radius 2 is 1.93 bits per heavy atom. The zero-order valence-corrected chi connectivity index (χ0v) is 8.15. The Kier molecular flexibility index (Phi) is 2.49. The van der Waals surface area contributed by atoms with Crippen LogP contribution in [0.1, 0.15) is 24.8 Å². The van der Waals surface area contributed by atoms with Crippen LogP contribution in [-0.4, -0.2) is 6.29 Å². The van der Waals surface area contributed by atoms with Crippen molar-refractivity contribution in [1.82, 2.24) is 0 Å². The lowest BCUT2D eigenvalue weighted by atomic mass is 9.95. The van der Waals surface area contributed by atoms with Gasteiger partial charge in [0.05, 0.1) is 0 Å². The predicted molar refractivity (Wildman–Crippen MR) is 57.2 cm³/mol. The van der Waals surface area contributed by atoms with Gasteiger partial charge in [-0.1, -0.05) is 42.5 Å². The summed E-state index contributed by atoms with van der Waals surface area (Å²) in [5.74, 6) is 0. The van der Waals surface area contributed by atoms with Crippen LogP contribution in [-0.2, 0) is 10.2 Å². The fourth-order valence-electron chi connectivity index (χ4n) is 1.81. The standard InChI is InChI=1S/C13H14O/c14-11-5-4-8-13(9-10-13)12-6-2-1-3-7-12/h1-4,6-8,11H,5,9-10H2. The van der Waals surface area contributed by atoms with Gasteiger partial charge in [-0.3, -0.25) is 0 Å². The van der Waals surface area contributed by atoms with Gasteiger partial charge >= 0.3 is 0 Å². The number of benzene rings is 1. The fraction of sp³-hybridized carbons (Fsp3) is 0.308. The van der Waals surface area contributed by atoms with Crippen molar-refractivity contribution in [2.24, 2.45) is 0 Å². The van der Waals surface area contributed by atoms with Crippen LogP contribution >= 0.6 is 0 Å². The van der Waals surface area contributed by atoms with Crippen molar-refractivity contribution < 1.29 is 4.79 Å². The molecule has 0 aromatic heterocycles. The lowest BCUT2D eigenvalue weighted by Crippen LogP contribution is -2.01. The number of hydrogen-bond acceptors (Lipinski definition) is 1. The van der Waals surface area contributed by atoms with E-state index in [1.54, 1.807) is 0 Å².